The highest BCUT2D eigenvalue weighted by Gasteiger charge is 2.39. The van der Waals surface area contributed by atoms with Crippen LogP contribution in [0.2, 0.25) is 0 Å². The van der Waals surface area contributed by atoms with Gasteiger partial charge in [-0.1, -0.05) is 6.42 Å². The molecule has 39 heavy (non-hydrogen) atoms. The van der Waals surface area contributed by atoms with Crippen molar-refractivity contribution in [3.8, 4) is 0 Å². The molecular formula is C25H28F6N6OS. The lowest BCUT2D eigenvalue weighted by Gasteiger charge is -2.25. The number of aromatic nitrogens is 3. The van der Waals surface area contributed by atoms with Crippen molar-refractivity contribution in [3.05, 3.63) is 40.7 Å². The van der Waals surface area contributed by atoms with Crippen molar-refractivity contribution in [1.82, 2.24) is 24.8 Å². The number of nitrogens with one attached hydrogen (secondary N) is 1. The van der Waals surface area contributed by atoms with Crippen LogP contribution in [0.25, 0.3) is 11.0 Å². The molecule has 7 nitrogen and oxygen atoms in total. The molecule has 4 heterocycles. The molecule has 0 unspecified atom stereocenters. The molecule has 2 aliphatic heterocycles. The number of carbonyl (C=O) groups is 1. The number of benzene rings is 1. The molecule has 2 saturated heterocycles. The summed E-state index contributed by atoms with van der Waals surface area (Å²) in [6, 6.07) is 1.81. The molecule has 1 aromatic carbocycles. The quantitative estimate of drug-likeness (QED) is 0.388. The van der Waals surface area contributed by atoms with E-state index in [0.717, 1.165) is 53.6 Å². The lowest BCUT2D eigenvalue weighted by molar-refractivity contribution is -0.146. The van der Waals surface area contributed by atoms with Gasteiger partial charge in [0.05, 0.1) is 22.3 Å². The second-order valence-electron chi connectivity index (χ2n) is 9.89. The van der Waals surface area contributed by atoms with Gasteiger partial charge in [-0.3, -0.25) is 9.69 Å². The fourth-order valence-corrected chi connectivity index (χ4v) is 6.17. The number of thiazole rings is 1. The first-order chi connectivity index (χ1) is 18.5. The van der Waals surface area contributed by atoms with Gasteiger partial charge < -0.3 is 14.8 Å². The van der Waals surface area contributed by atoms with Crippen LogP contribution in [-0.2, 0) is 30.2 Å². The summed E-state index contributed by atoms with van der Waals surface area (Å²) >= 11 is 1.48. The van der Waals surface area contributed by atoms with Crippen molar-refractivity contribution < 1.29 is 31.1 Å². The lowest BCUT2D eigenvalue weighted by Crippen LogP contribution is -2.44. The average Bonchev–Trinajstić information content (AvgIpc) is 3.62. The van der Waals surface area contributed by atoms with Crippen LogP contribution in [0.3, 0.4) is 0 Å². The number of hydrogen-bond donors (Lipinski definition) is 1. The number of piperidine rings is 1. The Labute approximate surface area is 224 Å². The maximum atomic E-state index is 13.6. The summed E-state index contributed by atoms with van der Waals surface area (Å²) < 4.78 is 80.8. The van der Waals surface area contributed by atoms with Crippen LogP contribution in [-0.4, -0.2) is 57.6 Å². The van der Waals surface area contributed by atoms with E-state index >= 15 is 0 Å². The zero-order valence-corrected chi connectivity index (χ0v) is 21.8. The van der Waals surface area contributed by atoms with Crippen molar-refractivity contribution in [2.24, 2.45) is 0 Å². The van der Waals surface area contributed by atoms with E-state index in [1.165, 1.54) is 30.6 Å². The van der Waals surface area contributed by atoms with Crippen LogP contribution >= 0.6 is 11.3 Å². The molecule has 0 bridgehead atoms. The van der Waals surface area contributed by atoms with Crippen LogP contribution in [0, 0.1) is 0 Å². The van der Waals surface area contributed by atoms with Gasteiger partial charge in [0.25, 0.3) is 0 Å². The topological polar surface area (TPSA) is 66.3 Å². The SMILES string of the molecule is O=C(NCCn1c(C(F)(F)F)nc2cc(C(F)(F)F)ccc21)[C@H]1CCCN1c1nc(CN2CCCCC2)cs1. The van der Waals surface area contributed by atoms with E-state index in [1.807, 2.05) is 10.3 Å². The predicted octanol–water partition coefficient (Wildman–Crippen LogP) is 5.30. The Morgan fingerprint density at radius 1 is 1.00 bits per heavy atom. The summed E-state index contributed by atoms with van der Waals surface area (Å²) in [5.41, 5.74) is -0.613. The number of amides is 1. The maximum Gasteiger partial charge on any atom is 0.449 e. The Kier molecular flexibility index (Phi) is 7.77. The molecule has 2 fully saturated rings. The minimum Gasteiger partial charge on any atom is -0.353 e. The molecule has 1 atom stereocenters. The molecule has 2 aliphatic rings. The number of halogens is 6. The normalized spacial score (nSPS) is 19.2. The zero-order valence-electron chi connectivity index (χ0n) is 21.0. The van der Waals surface area contributed by atoms with Crippen LogP contribution < -0.4 is 10.2 Å². The van der Waals surface area contributed by atoms with E-state index in [9.17, 15) is 31.1 Å². The predicted molar refractivity (Wildman–Crippen MR) is 134 cm³/mol. The van der Waals surface area contributed by atoms with Crippen molar-refractivity contribution in [3.63, 3.8) is 0 Å². The van der Waals surface area contributed by atoms with Gasteiger partial charge >= 0.3 is 12.4 Å². The molecule has 2 aromatic heterocycles. The van der Waals surface area contributed by atoms with E-state index in [-0.39, 0.29) is 24.5 Å². The number of hydrogen-bond acceptors (Lipinski definition) is 6. The molecule has 0 saturated carbocycles. The fourth-order valence-electron chi connectivity index (χ4n) is 5.27. The Morgan fingerprint density at radius 2 is 1.77 bits per heavy atom. The third kappa shape index (κ3) is 6.16. The highest BCUT2D eigenvalue weighted by atomic mass is 32.1. The van der Waals surface area contributed by atoms with Gasteiger partial charge in [0.15, 0.2) is 5.13 Å². The Hall–Kier alpha value is -2.87. The van der Waals surface area contributed by atoms with E-state index < -0.39 is 35.3 Å². The Bertz CT molecular complexity index is 1310. The second-order valence-corrected chi connectivity index (χ2v) is 10.7. The number of fused-ring (bicyclic) bond motifs is 1. The highest BCUT2D eigenvalue weighted by Crippen LogP contribution is 2.35. The van der Waals surface area contributed by atoms with Crippen LogP contribution in [0.5, 0.6) is 0 Å². The maximum absolute atomic E-state index is 13.6. The molecular weight excluding hydrogens is 546 g/mol. The first-order valence-corrected chi connectivity index (χ1v) is 13.7. The van der Waals surface area contributed by atoms with E-state index in [0.29, 0.717) is 19.0 Å². The minimum absolute atomic E-state index is 0.0870. The average molecular weight is 575 g/mol. The lowest BCUT2D eigenvalue weighted by atomic mass is 10.1. The minimum atomic E-state index is -4.87. The Balaban J connectivity index is 1.25. The summed E-state index contributed by atoms with van der Waals surface area (Å²) in [4.78, 5) is 25.5. The van der Waals surface area contributed by atoms with E-state index in [2.05, 4.69) is 15.2 Å². The molecule has 0 spiro atoms. The summed E-state index contributed by atoms with van der Waals surface area (Å²) in [5, 5.41) is 5.46. The summed E-state index contributed by atoms with van der Waals surface area (Å²) in [6.07, 6.45) is -4.60. The molecule has 212 valence electrons. The smallest absolute Gasteiger partial charge is 0.353 e. The van der Waals surface area contributed by atoms with Crippen LogP contribution in [0.4, 0.5) is 31.5 Å². The standard InChI is InChI=1S/C25H28F6N6OS/c26-24(27,28)16-6-7-19-18(13-16)34-22(25(29,30)31)36(19)12-8-32-21(38)20-5-4-11-37(20)23-33-17(15-39-23)14-35-9-2-1-3-10-35/h6-7,13,15,20H,1-5,8-12,14H2,(H,32,38)/t20-/m1/s1. The fraction of sp³-hybridized carbons (Fsp3) is 0.560. The summed E-state index contributed by atoms with van der Waals surface area (Å²) in [7, 11) is 0. The first kappa shape index (κ1) is 27.7. The number of anilines is 1. The van der Waals surface area contributed by atoms with Crippen LogP contribution in [0.15, 0.2) is 23.6 Å². The zero-order chi connectivity index (χ0) is 27.8. The number of alkyl halides is 6. The highest BCUT2D eigenvalue weighted by molar-refractivity contribution is 7.13. The molecule has 1 amide bonds. The number of carbonyl (C=O) groups excluding carboxylic acids is 1. The van der Waals surface area contributed by atoms with Crippen molar-refractivity contribution in [2.75, 3.05) is 31.1 Å². The van der Waals surface area contributed by atoms with Crippen molar-refractivity contribution in [1.29, 1.82) is 0 Å². The number of likely N-dealkylation sites (tertiary alicyclic amines) is 1. The summed E-state index contributed by atoms with van der Waals surface area (Å²) in [6.45, 7) is 3.08. The Morgan fingerprint density at radius 3 is 2.49 bits per heavy atom. The second kappa shape index (κ2) is 11.0. The largest absolute Gasteiger partial charge is 0.449 e. The van der Waals surface area contributed by atoms with Crippen molar-refractivity contribution >= 4 is 33.4 Å². The van der Waals surface area contributed by atoms with Gasteiger partial charge in [0.2, 0.25) is 11.7 Å². The molecule has 0 aliphatic carbocycles. The van der Waals surface area contributed by atoms with Gasteiger partial charge in [-0.2, -0.15) is 26.3 Å². The monoisotopic (exact) mass is 574 g/mol. The number of nitrogens with zero attached hydrogens (tertiary/aromatic N) is 5. The third-order valence-corrected chi connectivity index (χ3v) is 8.07. The van der Waals surface area contributed by atoms with Crippen LogP contribution in [0.1, 0.15) is 49.2 Å². The third-order valence-electron chi connectivity index (χ3n) is 7.14. The molecule has 3 aromatic rings. The van der Waals surface area contributed by atoms with Gasteiger partial charge in [0, 0.05) is 31.6 Å². The molecule has 5 rings (SSSR count). The first-order valence-electron chi connectivity index (χ1n) is 12.9. The molecule has 0 radical (unpaired) electrons. The van der Waals surface area contributed by atoms with Gasteiger partial charge in [-0.15, -0.1) is 11.3 Å². The molecule has 14 heteroatoms. The van der Waals surface area contributed by atoms with Gasteiger partial charge in [0.1, 0.15) is 6.04 Å². The van der Waals surface area contributed by atoms with Crippen molar-refractivity contribution in [2.45, 2.75) is 63.6 Å². The summed E-state index contributed by atoms with van der Waals surface area (Å²) in [5.74, 6) is -1.63. The van der Waals surface area contributed by atoms with Gasteiger partial charge in [-0.05, 0) is 57.0 Å². The van der Waals surface area contributed by atoms with E-state index in [4.69, 9.17) is 4.98 Å². The number of rotatable bonds is 7. The van der Waals surface area contributed by atoms with E-state index in [1.54, 1.807) is 0 Å². The number of imidazole rings is 1. The van der Waals surface area contributed by atoms with Gasteiger partial charge in [-0.25, -0.2) is 9.97 Å². The molecule has 1 N–H and O–H groups in total.